The smallest absolute Gasteiger partial charge is 0.1000 e. The van der Waals surface area contributed by atoms with Crippen LogP contribution in [0.3, 0.4) is 0 Å². The van der Waals surface area contributed by atoms with Gasteiger partial charge in [0, 0.05) is 12.1 Å². The predicted molar refractivity (Wildman–Crippen MR) is 82.8 cm³/mol. The van der Waals surface area contributed by atoms with Crippen LogP contribution in [0.5, 0.6) is 0 Å². The van der Waals surface area contributed by atoms with Crippen LogP contribution in [0.4, 0.5) is 0 Å². The van der Waals surface area contributed by atoms with Gasteiger partial charge in [0.2, 0.25) is 0 Å². The Labute approximate surface area is 121 Å². The number of rotatable bonds is 3. The number of aliphatic hydroxyl groups excluding tert-OH is 1. The Balaban J connectivity index is 2.10. The first-order valence-corrected chi connectivity index (χ1v) is 7.07. The third-order valence-corrected chi connectivity index (χ3v) is 3.50. The van der Waals surface area contributed by atoms with Gasteiger partial charge < -0.3 is 5.11 Å². The molecule has 1 aromatic carbocycles. The van der Waals surface area contributed by atoms with Crippen molar-refractivity contribution in [1.82, 2.24) is 4.98 Å². The van der Waals surface area contributed by atoms with Crippen molar-refractivity contribution in [2.45, 2.75) is 45.6 Å². The van der Waals surface area contributed by atoms with Crippen LogP contribution in [0, 0.1) is 6.92 Å². The highest BCUT2D eigenvalue weighted by molar-refractivity contribution is 5.28. The first-order chi connectivity index (χ1) is 9.36. The molecule has 0 radical (unpaired) electrons. The monoisotopic (exact) mass is 269 g/mol. The fourth-order valence-corrected chi connectivity index (χ4v) is 2.22. The molecule has 0 bridgehead atoms. The lowest BCUT2D eigenvalue weighted by Gasteiger charge is -2.19. The van der Waals surface area contributed by atoms with E-state index in [1.54, 1.807) is 0 Å². The van der Waals surface area contributed by atoms with Crippen molar-refractivity contribution >= 4 is 0 Å². The van der Waals surface area contributed by atoms with Crippen molar-refractivity contribution in [2.24, 2.45) is 0 Å². The van der Waals surface area contributed by atoms with E-state index >= 15 is 0 Å². The largest absolute Gasteiger partial charge is 0.386 e. The topological polar surface area (TPSA) is 33.1 Å². The summed E-state index contributed by atoms with van der Waals surface area (Å²) < 4.78 is 0. The van der Waals surface area contributed by atoms with Crippen molar-refractivity contribution in [3.63, 3.8) is 0 Å². The quantitative estimate of drug-likeness (QED) is 0.914. The molecule has 20 heavy (non-hydrogen) atoms. The van der Waals surface area contributed by atoms with E-state index in [4.69, 9.17) is 0 Å². The number of hydrogen-bond donors (Lipinski definition) is 1. The van der Waals surface area contributed by atoms with Gasteiger partial charge in [-0.2, -0.15) is 0 Å². The molecule has 2 heteroatoms. The Hall–Kier alpha value is -1.67. The first-order valence-electron chi connectivity index (χ1n) is 7.07. The molecule has 0 saturated heterocycles. The molecule has 1 heterocycles. The molecule has 0 amide bonds. The molecule has 2 aromatic rings. The van der Waals surface area contributed by atoms with E-state index in [2.05, 4.69) is 50.0 Å². The number of aliphatic hydroxyl groups is 1. The standard InChI is InChI=1S/C18H23NO/c1-13-6-5-7-16(19-13)17(20)12-14-8-10-15(11-9-14)18(2,3)4/h5-11,17,20H,12H2,1-4H3. The van der Waals surface area contributed by atoms with Crippen LogP contribution in [0.1, 0.15) is 49.4 Å². The lowest BCUT2D eigenvalue weighted by Crippen LogP contribution is -2.11. The normalized spacial score (nSPS) is 13.2. The number of benzene rings is 1. The van der Waals surface area contributed by atoms with Gasteiger partial charge in [0.1, 0.15) is 0 Å². The zero-order chi connectivity index (χ0) is 14.8. The summed E-state index contributed by atoms with van der Waals surface area (Å²) in [6.07, 6.45) is 0.0522. The molecule has 106 valence electrons. The number of aromatic nitrogens is 1. The summed E-state index contributed by atoms with van der Waals surface area (Å²) in [7, 11) is 0. The van der Waals surface area contributed by atoms with Crippen LogP contribution < -0.4 is 0 Å². The summed E-state index contributed by atoms with van der Waals surface area (Å²) in [6.45, 7) is 8.54. The molecule has 1 aromatic heterocycles. The summed E-state index contributed by atoms with van der Waals surface area (Å²) in [4.78, 5) is 4.38. The maximum Gasteiger partial charge on any atom is 0.1000 e. The maximum absolute atomic E-state index is 10.3. The van der Waals surface area contributed by atoms with Gasteiger partial charge in [0.25, 0.3) is 0 Å². The van der Waals surface area contributed by atoms with Gasteiger partial charge in [0.05, 0.1) is 11.8 Å². The van der Waals surface area contributed by atoms with Gasteiger partial charge in [-0.3, -0.25) is 4.98 Å². The van der Waals surface area contributed by atoms with Crippen molar-refractivity contribution in [3.05, 3.63) is 65.0 Å². The van der Waals surface area contributed by atoms with E-state index < -0.39 is 6.10 Å². The molecule has 1 N–H and O–H groups in total. The molecule has 0 fully saturated rings. The fraction of sp³-hybridized carbons (Fsp3) is 0.389. The van der Waals surface area contributed by atoms with Gasteiger partial charge >= 0.3 is 0 Å². The molecule has 1 unspecified atom stereocenters. The third-order valence-electron chi connectivity index (χ3n) is 3.50. The number of pyridine rings is 1. The summed E-state index contributed by atoms with van der Waals surface area (Å²) in [5.74, 6) is 0. The fourth-order valence-electron chi connectivity index (χ4n) is 2.22. The highest BCUT2D eigenvalue weighted by Crippen LogP contribution is 2.23. The molecule has 2 rings (SSSR count). The van der Waals surface area contributed by atoms with E-state index in [9.17, 15) is 5.11 Å². The van der Waals surface area contributed by atoms with Crippen LogP contribution in [0.2, 0.25) is 0 Å². The Morgan fingerprint density at radius 2 is 1.70 bits per heavy atom. The predicted octanol–water partition coefficient (Wildman–Crippen LogP) is 3.96. The molecular weight excluding hydrogens is 246 g/mol. The molecule has 0 spiro atoms. The lowest BCUT2D eigenvalue weighted by molar-refractivity contribution is 0.173. The van der Waals surface area contributed by atoms with E-state index in [1.165, 1.54) is 5.56 Å². The van der Waals surface area contributed by atoms with Gasteiger partial charge in [0.15, 0.2) is 0 Å². The average molecular weight is 269 g/mol. The molecule has 0 saturated carbocycles. The van der Waals surface area contributed by atoms with Crippen LogP contribution in [0.25, 0.3) is 0 Å². The third kappa shape index (κ3) is 3.67. The van der Waals surface area contributed by atoms with Crippen molar-refractivity contribution in [2.75, 3.05) is 0 Å². The minimum absolute atomic E-state index is 0.162. The molecule has 0 aliphatic carbocycles. The van der Waals surface area contributed by atoms with E-state index in [1.807, 2.05) is 25.1 Å². The van der Waals surface area contributed by atoms with Gasteiger partial charge in [-0.15, -0.1) is 0 Å². The first kappa shape index (κ1) is 14.7. The van der Waals surface area contributed by atoms with Crippen molar-refractivity contribution in [3.8, 4) is 0 Å². The molecule has 0 aliphatic rings. The number of nitrogens with zero attached hydrogens (tertiary/aromatic N) is 1. The van der Waals surface area contributed by atoms with Crippen LogP contribution >= 0.6 is 0 Å². The van der Waals surface area contributed by atoms with Crippen LogP contribution in [0.15, 0.2) is 42.5 Å². The molecule has 1 atom stereocenters. The second-order valence-electron chi connectivity index (χ2n) is 6.37. The minimum Gasteiger partial charge on any atom is -0.386 e. The van der Waals surface area contributed by atoms with Crippen molar-refractivity contribution in [1.29, 1.82) is 0 Å². The Morgan fingerprint density at radius 1 is 1.05 bits per heavy atom. The van der Waals surface area contributed by atoms with E-state index in [-0.39, 0.29) is 5.41 Å². The Morgan fingerprint density at radius 3 is 2.25 bits per heavy atom. The van der Waals surface area contributed by atoms with E-state index in [0.717, 1.165) is 17.0 Å². The molecule has 2 nitrogen and oxygen atoms in total. The lowest BCUT2D eigenvalue weighted by atomic mass is 9.86. The highest BCUT2D eigenvalue weighted by atomic mass is 16.3. The second-order valence-corrected chi connectivity index (χ2v) is 6.37. The van der Waals surface area contributed by atoms with Gasteiger partial charge in [-0.1, -0.05) is 51.1 Å². The van der Waals surface area contributed by atoms with Crippen LogP contribution in [-0.2, 0) is 11.8 Å². The average Bonchev–Trinajstić information content (AvgIpc) is 2.38. The summed E-state index contributed by atoms with van der Waals surface area (Å²) >= 11 is 0. The Kier molecular flexibility index (Phi) is 4.24. The minimum atomic E-state index is -0.546. The highest BCUT2D eigenvalue weighted by Gasteiger charge is 2.14. The summed E-state index contributed by atoms with van der Waals surface area (Å²) in [5.41, 5.74) is 4.28. The van der Waals surface area contributed by atoms with Crippen molar-refractivity contribution < 1.29 is 5.11 Å². The van der Waals surface area contributed by atoms with E-state index in [0.29, 0.717) is 6.42 Å². The SMILES string of the molecule is Cc1cccc(C(O)Cc2ccc(C(C)(C)C)cc2)n1. The summed E-state index contributed by atoms with van der Waals surface area (Å²) in [6, 6.07) is 14.2. The second kappa shape index (κ2) is 5.76. The number of aryl methyl sites for hydroxylation is 1. The Bertz CT molecular complexity index is 567. The maximum atomic E-state index is 10.3. The summed E-state index contributed by atoms with van der Waals surface area (Å²) in [5, 5.41) is 10.3. The van der Waals surface area contributed by atoms with Crippen LogP contribution in [-0.4, -0.2) is 10.1 Å². The zero-order valence-electron chi connectivity index (χ0n) is 12.7. The van der Waals surface area contributed by atoms with Gasteiger partial charge in [-0.25, -0.2) is 0 Å². The van der Waals surface area contributed by atoms with Gasteiger partial charge in [-0.05, 0) is 35.6 Å². The number of hydrogen-bond acceptors (Lipinski definition) is 2. The zero-order valence-corrected chi connectivity index (χ0v) is 12.7. The molecule has 0 aliphatic heterocycles. The molecular formula is C18H23NO.